The van der Waals surface area contributed by atoms with E-state index >= 15 is 0 Å². The topological polar surface area (TPSA) is 56.7 Å². The van der Waals surface area contributed by atoms with Crippen LogP contribution in [0.1, 0.15) is 31.5 Å². The van der Waals surface area contributed by atoms with Crippen LogP contribution in [0.15, 0.2) is 259 Å². The minimum atomic E-state index is -3.21. The maximum absolute atomic E-state index is 10.1. The molecule has 0 bridgehead atoms. The fourth-order valence-electron chi connectivity index (χ4n) is 8.95. The standard InChI is InChI=1S/C63H42N4OSi/c1-4-23-48(24-5-1)69(49-25-6-2-7-26-49,50-27-8-3-9-28-50)51-39-37-43(38-40-51)61-64-62(45-20-16-19-44(41-45)52-32-18-33-56-55-31-12-15-36-59(55)68-60(52)56)66-63(65-61)46-21-17-22-47(42-46)67-57-34-13-10-29-53(57)54-30-11-14-35-58(54)67/h1-42H/i10D,11D,12D,13D,14D,15D,16D,17D,18D,19D,20D,21D,22D,29D,30D,31D,32D,33D,34D,35D,36D,41D,42D. The normalized spacial score (nSPS) is 16.4. The molecule has 0 saturated heterocycles. The second-order valence-corrected chi connectivity index (χ2v) is 19.6. The predicted molar refractivity (Wildman–Crippen MR) is 287 cm³/mol. The zero-order valence-corrected chi connectivity index (χ0v) is 36.7. The van der Waals surface area contributed by atoms with Crippen LogP contribution in [0.25, 0.3) is 94.7 Å². The van der Waals surface area contributed by atoms with E-state index in [0.717, 1.165) is 25.3 Å². The summed E-state index contributed by atoms with van der Waals surface area (Å²) < 4.78 is 216. The number of hydrogen-bond acceptors (Lipinski definition) is 4. The Kier molecular flexibility index (Phi) is 5.61. The Morgan fingerprint density at radius 3 is 1.45 bits per heavy atom. The van der Waals surface area contributed by atoms with Gasteiger partial charge in [-0.1, -0.05) is 218 Å². The quantitative estimate of drug-likeness (QED) is 0.107. The molecule has 324 valence electrons. The van der Waals surface area contributed by atoms with Gasteiger partial charge in [-0.3, -0.25) is 0 Å². The number of furan rings is 1. The lowest BCUT2D eigenvalue weighted by Gasteiger charge is -2.34. The van der Waals surface area contributed by atoms with Gasteiger partial charge in [-0.25, -0.2) is 15.0 Å². The average Bonchev–Trinajstić information content (AvgIpc) is 1.50. The summed E-state index contributed by atoms with van der Waals surface area (Å²) in [5.74, 6) is -1.61. The minimum Gasteiger partial charge on any atom is -0.455 e. The lowest BCUT2D eigenvalue weighted by molar-refractivity contribution is 0.670. The van der Waals surface area contributed by atoms with Crippen LogP contribution in [0.4, 0.5) is 0 Å². The molecule has 0 saturated carbocycles. The summed E-state index contributed by atoms with van der Waals surface area (Å²) in [5, 5.41) is 2.40. The third-order valence-electron chi connectivity index (χ3n) is 12.0. The van der Waals surface area contributed by atoms with Crippen molar-refractivity contribution in [1.82, 2.24) is 19.5 Å². The first-order valence-electron chi connectivity index (χ1n) is 33.0. The van der Waals surface area contributed by atoms with Crippen molar-refractivity contribution >= 4 is 72.6 Å². The zero-order chi connectivity index (χ0) is 65.7. The number of benzene rings is 10. The van der Waals surface area contributed by atoms with Crippen LogP contribution in [0.3, 0.4) is 0 Å². The molecule has 0 fully saturated rings. The molecule has 0 atom stereocenters. The Morgan fingerprint density at radius 2 is 0.841 bits per heavy atom. The van der Waals surface area contributed by atoms with E-state index in [2.05, 4.69) is 41.4 Å². The number of rotatable bonds is 9. The predicted octanol–water partition coefficient (Wildman–Crippen LogP) is 12.9. The lowest BCUT2D eigenvalue weighted by atomic mass is 10.00. The van der Waals surface area contributed by atoms with E-state index in [1.165, 1.54) is 0 Å². The fraction of sp³-hybridized carbons (Fsp3) is 0. The summed E-state index contributed by atoms with van der Waals surface area (Å²) in [4.78, 5) is 14.3. The summed E-state index contributed by atoms with van der Waals surface area (Å²) in [6.45, 7) is 0. The van der Waals surface area contributed by atoms with Crippen molar-refractivity contribution in [1.29, 1.82) is 0 Å². The molecule has 0 aliphatic rings. The monoisotopic (exact) mass is 921 g/mol. The first-order chi connectivity index (χ1) is 43.8. The first kappa shape index (κ1) is 23.2. The van der Waals surface area contributed by atoms with Crippen LogP contribution in [-0.4, -0.2) is 27.6 Å². The van der Waals surface area contributed by atoms with Crippen molar-refractivity contribution in [2.75, 3.05) is 0 Å². The van der Waals surface area contributed by atoms with Crippen molar-refractivity contribution in [3.63, 3.8) is 0 Å². The van der Waals surface area contributed by atoms with E-state index in [0.29, 0.717) is 0 Å². The van der Waals surface area contributed by atoms with Gasteiger partial charge in [0.15, 0.2) is 25.5 Å². The van der Waals surface area contributed by atoms with Crippen molar-refractivity contribution in [3.05, 3.63) is 254 Å². The second kappa shape index (κ2) is 16.7. The van der Waals surface area contributed by atoms with Gasteiger partial charge in [0, 0.05) is 49.5 Å². The molecule has 0 aliphatic heterocycles. The van der Waals surface area contributed by atoms with Crippen molar-refractivity contribution in [2.45, 2.75) is 0 Å². The van der Waals surface area contributed by atoms with E-state index < -0.39 is 220 Å². The van der Waals surface area contributed by atoms with Crippen molar-refractivity contribution in [2.24, 2.45) is 0 Å². The maximum Gasteiger partial charge on any atom is 0.179 e. The average molecular weight is 922 g/mol. The second-order valence-electron chi connectivity index (χ2n) is 15.7. The number of para-hydroxylation sites is 4. The maximum atomic E-state index is 10.1. The van der Waals surface area contributed by atoms with Gasteiger partial charge in [0.25, 0.3) is 0 Å². The van der Waals surface area contributed by atoms with Crippen molar-refractivity contribution < 1.29 is 35.9 Å². The summed E-state index contributed by atoms with van der Waals surface area (Å²) in [6, 6.07) is 18.5. The molecule has 3 heterocycles. The van der Waals surface area contributed by atoms with Crippen LogP contribution in [0.2, 0.25) is 0 Å². The minimum absolute atomic E-state index is 0.204. The first-order valence-corrected chi connectivity index (χ1v) is 23.5. The Hall–Kier alpha value is -8.97. The van der Waals surface area contributed by atoms with E-state index in [-0.39, 0.29) is 22.2 Å². The summed E-state index contributed by atoms with van der Waals surface area (Å²) in [5.41, 5.74) is -5.10. The number of hydrogen-bond donors (Lipinski definition) is 0. The summed E-state index contributed by atoms with van der Waals surface area (Å²) >= 11 is 0. The molecule has 0 radical (unpaired) electrons. The molecule has 6 heteroatoms. The number of aromatic nitrogens is 4. The molecule has 0 spiro atoms. The Bertz CT molecular complexity index is 5210. The molecule has 69 heavy (non-hydrogen) atoms. The molecule has 13 rings (SSSR count). The SMILES string of the molecule is [2H]c1c([2H])c(-c2nc(-c3ccc([Si](c4ccccc4)(c4ccccc4)c4ccccc4)cc3)nc(-c3c([2H])c([2H])c([2H])c(-n4c5c([2H])c([2H])c([2H])c([2H])c5c5c([2H])c([2H])c([2H])c([2H])c54)c3[2H])n2)c([2H])c(-c2c([2H])c([2H])c([2H])c3c2oc2c([2H])c([2H])c([2H])c([2H])c23)c1[2H]. The van der Waals surface area contributed by atoms with Gasteiger partial charge < -0.3 is 8.98 Å². The number of fused-ring (bicyclic) bond motifs is 6. The third-order valence-corrected chi connectivity index (χ3v) is 16.8. The van der Waals surface area contributed by atoms with E-state index in [1.54, 1.807) is 12.1 Å². The fourth-order valence-corrected chi connectivity index (χ4v) is 13.7. The molecule has 0 unspecified atom stereocenters. The highest BCUT2D eigenvalue weighted by molar-refractivity contribution is 7.19. The van der Waals surface area contributed by atoms with Crippen LogP contribution in [-0.2, 0) is 0 Å². The van der Waals surface area contributed by atoms with Gasteiger partial charge >= 0.3 is 0 Å². The van der Waals surface area contributed by atoms with E-state index in [9.17, 15) is 15.1 Å². The van der Waals surface area contributed by atoms with Crippen LogP contribution < -0.4 is 20.7 Å². The molecule has 13 aromatic rings. The Morgan fingerprint density at radius 1 is 0.377 bits per heavy atom. The molecule has 10 aromatic carbocycles. The lowest BCUT2D eigenvalue weighted by Crippen LogP contribution is -2.74. The molecule has 0 amide bonds. The summed E-state index contributed by atoms with van der Waals surface area (Å²) in [6.07, 6.45) is 0. The molecule has 3 aromatic heterocycles. The highest BCUT2D eigenvalue weighted by Crippen LogP contribution is 2.38. The van der Waals surface area contributed by atoms with E-state index in [4.69, 9.17) is 30.8 Å². The van der Waals surface area contributed by atoms with Gasteiger partial charge in [0.2, 0.25) is 0 Å². The highest BCUT2D eigenvalue weighted by Gasteiger charge is 2.41. The largest absolute Gasteiger partial charge is 0.455 e. The van der Waals surface area contributed by atoms with Gasteiger partial charge in [-0.2, -0.15) is 0 Å². The zero-order valence-electron chi connectivity index (χ0n) is 58.7. The Balaban J connectivity index is 1.14. The van der Waals surface area contributed by atoms with E-state index in [1.807, 2.05) is 66.7 Å². The molecule has 0 N–H and O–H groups in total. The van der Waals surface area contributed by atoms with Crippen molar-refractivity contribution in [3.8, 4) is 51.0 Å². The number of nitrogens with zero attached hydrogens (tertiary/aromatic N) is 4. The molecule has 0 aliphatic carbocycles. The Labute approximate surface area is 432 Å². The van der Waals surface area contributed by atoms with Crippen LogP contribution in [0, 0.1) is 0 Å². The third kappa shape index (κ3) is 6.80. The molecular formula is C63H42N4OSi. The van der Waals surface area contributed by atoms with Crippen LogP contribution >= 0.6 is 0 Å². The van der Waals surface area contributed by atoms with Crippen LogP contribution in [0.5, 0.6) is 0 Å². The van der Waals surface area contributed by atoms with Gasteiger partial charge in [-0.05, 0) is 62.6 Å². The highest BCUT2D eigenvalue weighted by atomic mass is 28.3. The molecule has 5 nitrogen and oxygen atoms in total. The smallest absolute Gasteiger partial charge is 0.179 e. The molecular weight excluding hydrogens is 857 g/mol. The summed E-state index contributed by atoms with van der Waals surface area (Å²) in [7, 11) is -3.21. The van der Waals surface area contributed by atoms with Gasteiger partial charge in [0.05, 0.1) is 42.6 Å². The van der Waals surface area contributed by atoms with Gasteiger partial charge in [-0.15, -0.1) is 0 Å². The van der Waals surface area contributed by atoms with Gasteiger partial charge in [0.1, 0.15) is 11.2 Å².